The standard InChI is InChI=1S/C20H27N5O2/c1-23-9-7-21-19(23)15-24-8-3-4-16(14-24)17-5-2-6-18(22-17)20(26)25-10-12-27-13-11-25/h2,5-7,9,16H,3-4,8,10-15H2,1H3. The molecule has 2 aromatic heterocycles. The molecule has 0 aliphatic carbocycles. The van der Waals surface area contributed by atoms with Crippen molar-refractivity contribution in [1.82, 2.24) is 24.3 Å². The van der Waals surface area contributed by atoms with Gasteiger partial charge < -0.3 is 14.2 Å². The van der Waals surface area contributed by atoms with E-state index in [0.29, 0.717) is 37.9 Å². The summed E-state index contributed by atoms with van der Waals surface area (Å²) in [5, 5.41) is 0. The third-order valence-corrected chi connectivity index (χ3v) is 5.50. The fraction of sp³-hybridized carbons (Fsp3) is 0.550. The number of pyridine rings is 1. The van der Waals surface area contributed by atoms with Crippen molar-refractivity contribution in [2.75, 3.05) is 39.4 Å². The van der Waals surface area contributed by atoms with Gasteiger partial charge in [-0.3, -0.25) is 9.69 Å². The van der Waals surface area contributed by atoms with Crippen molar-refractivity contribution in [2.45, 2.75) is 25.3 Å². The van der Waals surface area contributed by atoms with Crippen LogP contribution in [0.5, 0.6) is 0 Å². The van der Waals surface area contributed by atoms with Gasteiger partial charge in [0, 0.05) is 50.7 Å². The Morgan fingerprint density at radius 1 is 1.26 bits per heavy atom. The van der Waals surface area contributed by atoms with Crippen LogP contribution in [0.1, 0.15) is 40.8 Å². The van der Waals surface area contributed by atoms with E-state index in [0.717, 1.165) is 44.0 Å². The number of hydrogen-bond donors (Lipinski definition) is 0. The number of ether oxygens (including phenoxy) is 1. The van der Waals surface area contributed by atoms with E-state index in [1.165, 1.54) is 0 Å². The second-order valence-corrected chi connectivity index (χ2v) is 7.38. The van der Waals surface area contributed by atoms with E-state index in [9.17, 15) is 4.79 Å². The van der Waals surface area contributed by atoms with Gasteiger partial charge in [0.2, 0.25) is 0 Å². The van der Waals surface area contributed by atoms with Crippen molar-refractivity contribution in [3.8, 4) is 0 Å². The highest BCUT2D eigenvalue weighted by molar-refractivity contribution is 5.92. The van der Waals surface area contributed by atoms with Gasteiger partial charge in [0.1, 0.15) is 11.5 Å². The average molecular weight is 369 g/mol. The molecule has 2 aliphatic heterocycles. The van der Waals surface area contributed by atoms with Crippen molar-refractivity contribution in [3.63, 3.8) is 0 Å². The summed E-state index contributed by atoms with van der Waals surface area (Å²) >= 11 is 0. The van der Waals surface area contributed by atoms with Crippen LogP contribution in [-0.2, 0) is 18.3 Å². The second kappa shape index (κ2) is 8.19. The number of aromatic nitrogens is 3. The lowest BCUT2D eigenvalue weighted by Crippen LogP contribution is -2.41. The summed E-state index contributed by atoms with van der Waals surface area (Å²) in [5.74, 6) is 1.46. The summed E-state index contributed by atoms with van der Waals surface area (Å²) in [7, 11) is 2.03. The number of imidazole rings is 1. The molecule has 0 bridgehead atoms. The summed E-state index contributed by atoms with van der Waals surface area (Å²) in [6, 6.07) is 5.86. The molecule has 1 amide bonds. The molecule has 1 atom stereocenters. The minimum Gasteiger partial charge on any atom is -0.378 e. The summed E-state index contributed by atoms with van der Waals surface area (Å²) < 4.78 is 7.41. The van der Waals surface area contributed by atoms with E-state index in [1.807, 2.05) is 36.5 Å². The topological polar surface area (TPSA) is 63.5 Å². The van der Waals surface area contributed by atoms with Crippen LogP contribution in [0.3, 0.4) is 0 Å². The zero-order valence-electron chi connectivity index (χ0n) is 15.9. The molecular formula is C20H27N5O2. The largest absolute Gasteiger partial charge is 0.378 e. The van der Waals surface area contributed by atoms with Gasteiger partial charge >= 0.3 is 0 Å². The predicted molar refractivity (Wildman–Crippen MR) is 101 cm³/mol. The summed E-state index contributed by atoms with van der Waals surface area (Å²) in [5.41, 5.74) is 1.58. The van der Waals surface area contributed by atoms with Crippen molar-refractivity contribution in [2.24, 2.45) is 7.05 Å². The van der Waals surface area contributed by atoms with Crippen molar-refractivity contribution in [1.29, 1.82) is 0 Å². The summed E-state index contributed by atoms with van der Waals surface area (Å²) in [6.45, 7) is 5.39. The van der Waals surface area contributed by atoms with Gasteiger partial charge in [-0.15, -0.1) is 0 Å². The van der Waals surface area contributed by atoms with E-state index >= 15 is 0 Å². The molecular weight excluding hydrogens is 342 g/mol. The minimum absolute atomic E-state index is 0.0147. The van der Waals surface area contributed by atoms with Crippen LogP contribution in [0.4, 0.5) is 0 Å². The van der Waals surface area contributed by atoms with Gasteiger partial charge in [-0.05, 0) is 31.5 Å². The number of hydrogen-bond acceptors (Lipinski definition) is 5. The first-order valence-corrected chi connectivity index (χ1v) is 9.73. The molecule has 0 N–H and O–H groups in total. The normalized spacial score (nSPS) is 21.4. The molecule has 0 spiro atoms. The Morgan fingerprint density at radius 2 is 2.11 bits per heavy atom. The van der Waals surface area contributed by atoms with Gasteiger partial charge in [0.15, 0.2) is 0 Å². The van der Waals surface area contributed by atoms with E-state index in [-0.39, 0.29) is 5.91 Å². The number of rotatable bonds is 4. The molecule has 7 heteroatoms. The smallest absolute Gasteiger partial charge is 0.272 e. The Hall–Kier alpha value is -2.25. The Labute approximate surface area is 160 Å². The fourth-order valence-electron chi connectivity index (χ4n) is 3.92. The van der Waals surface area contributed by atoms with Crippen LogP contribution in [0.25, 0.3) is 0 Å². The number of carbonyl (C=O) groups excluding carboxylic acids is 1. The number of piperidine rings is 1. The first kappa shape index (κ1) is 18.1. The van der Waals surface area contributed by atoms with E-state index in [4.69, 9.17) is 9.72 Å². The maximum Gasteiger partial charge on any atom is 0.272 e. The zero-order valence-corrected chi connectivity index (χ0v) is 15.9. The third kappa shape index (κ3) is 4.20. The highest BCUT2D eigenvalue weighted by Crippen LogP contribution is 2.26. The molecule has 2 aliphatic rings. The van der Waals surface area contributed by atoms with Gasteiger partial charge in [0.25, 0.3) is 5.91 Å². The number of amides is 1. The number of carbonyl (C=O) groups is 1. The highest BCUT2D eigenvalue weighted by atomic mass is 16.5. The molecule has 144 valence electrons. The lowest BCUT2D eigenvalue weighted by molar-refractivity contribution is 0.0298. The Bertz CT molecular complexity index is 784. The van der Waals surface area contributed by atoms with Gasteiger partial charge in [-0.1, -0.05) is 6.07 Å². The quantitative estimate of drug-likeness (QED) is 0.820. The summed E-state index contributed by atoms with van der Waals surface area (Å²) in [4.78, 5) is 26.2. The number of morpholine rings is 1. The molecule has 7 nitrogen and oxygen atoms in total. The molecule has 0 radical (unpaired) electrons. The second-order valence-electron chi connectivity index (χ2n) is 7.38. The number of nitrogens with zero attached hydrogens (tertiary/aromatic N) is 5. The third-order valence-electron chi connectivity index (χ3n) is 5.50. The molecule has 2 saturated heterocycles. The highest BCUT2D eigenvalue weighted by Gasteiger charge is 2.25. The number of aryl methyl sites for hydroxylation is 1. The molecule has 2 aromatic rings. The maximum absolute atomic E-state index is 12.7. The molecule has 2 fully saturated rings. The van der Waals surface area contributed by atoms with Crippen molar-refractivity contribution < 1.29 is 9.53 Å². The van der Waals surface area contributed by atoms with E-state index in [1.54, 1.807) is 0 Å². The molecule has 27 heavy (non-hydrogen) atoms. The van der Waals surface area contributed by atoms with Crippen molar-refractivity contribution >= 4 is 5.91 Å². The molecule has 0 saturated carbocycles. The van der Waals surface area contributed by atoms with Crippen molar-refractivity contribution in [3.05, 3.63) is 47.8 Å². The van der Waals surface area contributed by atoms with Crippen LogP contribution in [0.2, 0.25) is 0 Å². The first-order valence-electron chi connectivity index (χ1n) is 9.73. The van der Waals surface area contributed by atoms with Crippen LogP contribution in [0, 0.1) is 0 Å². The van der Waals surface area contributed by atoms with E-state index < -0.39 is 0 Å². The van der Waals surface area contributed by atoms with Gasteiger partial charge in [0.05, 0.1) is 19.8 Å². The summed E-state index contributed by atoms with van der Waals surface area (Å²) in [6.07, 6.45) is 6.08. The average Bonchev–Trinajstić information content (AvgIpc) is 3.13. The van der Waals surface area contributed by atoms with Crippen LogP contribution < -0.4 is 0 Å². The lowest BCUT2D eigenvalue weighted by atomic mass is 9.94. The Balaban J connectivity index is 1.44. The monoisotopic (exact) mass is 369 g/mol. The van der Waals surface area contributed by atoms with Gasteiger partial charge in [-0.25, -0.2) is 9.97 Å². The van der Waals surface area contributed by atoms with Crippen LogP contribution >= 0.6 is 0 Å². The molecule has 4 rings (SSSR count). The number of likely N-dealkylation sites (tertiary alicyclic amines) is 1. The minimum atomic E-state index is 0.0147. The zero-order chi connectivity index (χ0) is 18.6. The SMILES string of the molecule is Cn1ccnc1CN1CCCC(c2cccc(C(=O)N3CCOCC3)n2)C1. The molecule has 4 heterocycles. The van der Waals surface area contributed by atoms with Crippen LogP contribution in [0.15, 0.2) is 30.6 Å². The molecule has 1 unspecified atom stereocenters. The van der Waals surface area contributed by atoms with Gasteiger partial charge in [-0.2, -0.15) is 0 Å². The maximum atomic E-state index is 12.7. The Kier molecular flexibility index (Phi) is 5.50. The van der Waals surface area contributed by atoms with E-state index in [2.05, 4.69) is 20.5 Å². The predicted octanol–water partition coefficient (Wildman–Crippen LogP) is 1.67. The Morgan fingerprint density at radius 3 is 2.89 bits per heavy atom. The van der Waals surface area contributed by atoms with Crippen LogP contribution in [-0.4, -0.2) is 69.6 Å². The first-order chi connectivity index (χ1) is 13.2. The lowest BCUT2D eigenvalue weighted by Gasteiger charge is -2.32. The fourth-order valence-corrected chi connectivity index (χ4v) is 3.92. The molecule has 0 aromatic carbocycles.